The number of fused-ring (bicyclic) bond motifs is 1. The summed E-state index contributed by atoms with van der Waals surface area (Å²) in [6.45, 7) is 2.04. The van der Waals surface area contributed by atoms with Gasteiger partial charge < -0.3 is 10.3 Å². The van der Waals surface area contributed by atoms with Crippen molar-refractivity contribution >= 4 is 16.7 Å². The second kappa shape index (κ2) is 2.52. The van der Waals surface area contributed by atoms with Crippen LogP contribution in [0.25, 0.3) is 11.0 Å². The summed E-state index contributed by atoms with van der Waals surface area (Å²) in [5, 5.41) is 4.95. The highest BCUT2D eigenvalue weighted by Gasteiger charge is 2.07. The van der Waals surface area contributed by atoms with Crippen molar-refractivity contribution < 1.29 is 4.52 Å². The number of rotatable bonds is 1. The third-order valence-electron chi connectivity index (χ3n) is 1.94. The van der Waals surface area contributed by atoms with Gasteiger partial charge in [-0.1, -0.05) is 18.1 Å². The van der Waals surface area contributed by atoms with Crippen LogP contribution in [0, 0.1) is 0 Å². The van der Waals surface area contributed by atoms with Gasteiger partial charge in [0.05, 0.1) is 11.4 Å². The molecule has 0 unspecified atom stereocenters. The van der Waals surface area contributed by atoms with Gasteiger partial charge in [0.2, 0.25) is 0 Å². The van der Waals surface area contributed by atoms with Gasteiger partial charge in [-0.3, -0.25) is 0 Å². The van der Waals surface area contributed by atoms with Crippen molar-refractivity contribution in [2.45, 2.75) is 13.3 Å². The Morgan fingerprint density at radius 1 is 1.50 bits per heavy atom. The molecule has 1 heterocycles. The Hall–Kier alpha value is -1.51. The van der Waals surface area contributed by atoms with E-state index in [4.69, 9.17) is 10.3 Å². The van der Waals surface area contributed by atoms with Crippen LogP contribution in [0.15, 0.2) is 22.7 Å². The molecule has 3 nitrogen and oxygen atoms in total. The van der Waals surface area contributed by atoms with Crippen molar-refractivity contribution in [2.24, 2.45) is 0 Å². The number of nitrogen functional groups attached to an aromatic ring is 1. The summed E-state index contributed by atoms with van der Waals surface area (Å²) in [5.41, 5.74) is 8.02. The maximum Gasteiger partial charge on any atom is 0.189 e. The predicted octanol–water partition coefficient (Wildman–Crippen LogP) is 1.97. The zero-order valence-electron chi connectivity index (χ0n) is 6.87. The molecule has 0 spiro atoms. The minimum Gasteiger partial charge on any atom is -0.396 e. The Morgan fingerprint density at radius 2 is 2.33 bits per heavy atom. The lowest BCUT2D eigenvalue weighted by atomic mass is 10.2. The van der Waals surface area contributed by atoms with E-state index < -0.39 is 0 Å². The molecule has 0 aliphatic rings. The maximum atomic E-state index is 5.69. The molecular formula is C9H10N2O. The monoisotopic (exact) mass is 162 g/mol. The zero-order chi connectivity index (χ0) is 8.55. The minimum absolute atomic E-state index is 0.653. The first-order valence-corrected chi connectivity index (χ1v) is 3.95. The minimum atomic E-state index is 0.653. The van der Waals surface area contributed by atoms with Crippen LogP contribution in [-0.4, -0.2) is 5.16 Å². The fraction of sp³-hybridized carbons (Fsp3) is 0.222. The van der Waals surface area contributed by atoms with Crippen molar-refractivity contribution in [1.29, 1.82) is 0 Å². The van der Waals surface area contributed by atoms with Crippen LogP contribution in [0.1, 0.15) is 12.6 Å². The number of aromatic nitrogens is 1. The quantitative estimate of drug-likeness (QED) is 0.652. The van der Waals surface area contributed by atoms with E-state index >= 15 is 0 Å². The molecule has 2 rings (SSSR count). The molecule has 0 bridgehead atoms. The fourth-order valence-electron chi connectivity index (χ4n) is 1.29. The highest BCUT2D eigenvalue weighted by Crippen LogP contribution is 2.23. The Labute approximate surface area is 70.1 Å². The molecule has 1 aromatic heterocycles. The van der Waals surface area contributed by atoms with Gasteiger partial charge in [-0.15, -0.1) is 0 Å². The van der Waals surface area contributed by atoms with E-state index in [2.05, 4.69) is 5.16 Å². The van der Waals surface area contributed by atoms with Gasteiger partial charge in [-0.2, -0.15) is 0 Å². The molecule has 0 saturated carbocycles. The average Bonchev–Trinajstić information content (AvgIpc) is 2.49. The highest BCUT2D eigenvalue weighted by atomic mass is 16.5. The van der Waals surface area contributed by atoms with Crippen LogP contribution in [0.5, 0.6) is 0 Å². The molecular weight excluding hydrogens is 152 g/mol. The normalized spacial score (nSPS) is 10.8. The summed E-state index contributed by atoms with van der Waals surface area (Å²) in [7, 11) is 0. The Bertz CT molecular complexity index is 406. The van der Waals surface area contributed by atoms with Crippen LogP contribution in [0.4, 0.5) is 5.69 Å². The summed E-state index contributed by atoms with van der Waals surface area (Å²) in [6, 6.07) is 5.70. The lowest BCUT2D eigenvalue weighted by molar-refractivity contribution is 0.448. The molecule has 2 N–H and O–H groups in total. The number of nitrogens with zero attached hydrogens (tertiary/aromatic N) is 1. The van der Waals surface area contributed by atoms with Crippen molar-refractivity contribution in [1.82, 2.24) is 5.16 Å². The van der Waals surface area contributed by atoms with E-state index in [0.717, 1.165) is 17.5 Å². The Morgan fingerprint density at radius 3 is 3.08 bits per heavy atom. The SMILES string of the molecule is CCc1noc2c(N)cccc12. The number of hydrogen-bond donors (Lipinski definition) is 1. The number of anilines is 1. The van der Waals surface area contributed by atoms with E-state index in [0.29, 0.717) is 11.3 Å². The van der Waals surface area contributed by atoms with Crippen LogP contribution >= 0.6 is 0 Å². The standard InChI is InChI=1S/C9H10N2O/c1-2-8-6-4-3-5-7(10)9(6)12-11-8/h3-5H,2,10H2,1H3. The van der Waals surface area contributed by atoms with E-state index in [9.17, 15) is 0 Å². The van der Waals surface area contributed by atoms with E-state index in [1.807, 2.05) is 25.1 Å². The molecule has 2 aromatic rings. The molecule has 62 valence electrons. The molecule has 0 aliphatic heterocycles. The average molecular weight is 162 g/mol. The highest BCUT2D eigenvalue weighted by molar-refractivity contribution is 5.89. The number of benzene rings is 1. The molecule has 0 aliphatic carbocycles. The molecule has 1 aromatic carbocycles. The van der Waals surface area contributed by atoms with Gasteiger partial charge in [-0.05, 0) is 18.6 Å². The van der Waals surface area contributed by atoms with E-state index in [1.165, 1.54) is 0 Å². The van der Waals surface area contributed by atoms with E-state index in [1.54, 1.807) is 0 Å². The Balaban J connectivity index is 2.80. The first kappa shape index (κ1) is 7.16. The molecule has 0 fully saturated rings. The maximum absolute atomic E-state index is 5.69. The van der Waals surface area contributed by atoms with Crippen molar-refractivity contribution in [3.8, 4) is 0 Å². The van der Waals surface area contributed by atoms with Crippen molar-refractivity contribution in [3.05, 3.63) is 23.9 Å². The molecule has 3 heteroatoms. The lowest BCUT2D eigenvalue weighted by Gasteiger charge is -1.91. The first-order valence-electron chi connectivity index (χ1n) is 3.95. The van der Waals surface area contributed by atoms with Gasteiger partial charge in [0, 0.05) is 5.39 Å². The summed E-state index contributed by atoms with van der Waals surface area (Å²) in [5.74, 6) is 0. The first-order chi connectivity index (χ1) is 5.83. The van der Waals surface area contributed by atoms with Gasteiger partial charge in [0.25, 0.3) is 0 Å². The summed E-state index contributed by atoms with van der Waals surface area (Å²) < 4.78 is 5.10. The number of hydrogen-bond acceptors (Lipinski definition) is 3. The molecule has 12 heavy (non-hydrogen) atoms. The molecule has 0 atom stereocenters. The lowest BCUT2D eigenvalue weighted by Crippen LogP contribution is -1.84. The van der Waals surface area contributed by atoms with Crippen LogP contribution in [-0.2, 0) is 6.42 Å². The summed E-state index contributed by atoms with van der Waals surface area (Å²) >= 11 is 0. The topological polar surface area (TPSA) is 52.0 Å². The van der Waals surface area contributed by atoms with E-state index in [-0.39, 0.29) is 0 Å². The second-order valence-corrected chi connectivity index (χ2v) is 2.71. The van der Waals surface area contributed by atoms with Crippen LogP contribution in [0.2, 0.25) is 0 Å². The van der Waals surface area contributed by atoms with Crippen molar-refractivity contribution in [3.63, 3.8) is 0 Å². The van der Waals surface area contributed by atoms with Gasteiger partial charge in [0.1, 0.15) is 0 Å². The number of nitrogens with two attached hydrogens (primary N) is 1. The molecule has 0 saturated heterocycles. The second-order valence-electron chi connectivity index (χ2n) is 2.71. The number of aryl methyl sites for hydroxylation is 1. The largest absolute Gasteiger partial charge is 0.396 e. The fourth-order valence-corrected chi connectivity index (χ4v) is 1.29. The smallest absolute Gasteiger partial charge is 0.189 e. The van der Waals surface area contributed by atoms with Gasteiger partial charge in [-0.25, -0.2) is 0 Å². The van der Waals surface area contributed by atoms with Gasteiger partial charge >= 0.3 is 0 Å². The van der Waals surface area contributed by atoms with Crippen LogP contribution in [0.3, 0.4) is 0 Å². The third-order valence-corrected chi connectivity index (χ3v) is 1.94. The van der Waals surface area contributed by atoms with Gasteiger partial charge in [0.15, 0.2) is 5.58 Å². The van der Waals surface area contributed by atoms with Crippen molar-refractivity contribution in [2.75, 3.05) is 5.73 Å². The van der Waals surface area contributed by atoms with Crippen LogP contribution < -0.4 is 5.73 Å². The third kappa shape index (κ3) is 0.863. The predicted molar refractivity (Wildman–Crippen MR) is 47.8 cm³/mol. The summed E-state index contributed by atoms with van der Waals surface area (Å²) in [4.78, 5) is 0. The zero-order valence-corrected chi connectivity index (χ0v) is 6.87. The Kier molecular flexibility index (Phi) is 1.50. The summed E-state index contributed by atoms with van der Waals surface area (Å²) in [6.07, 6.45) is 0.871. The molecule has 0 amide bonds. The number of para-hydroxylation sites is 1. The molecule has 0 radical (unpaired) electrons.